The second-order valence-corrected chi connectivity index (χ2v) is 4.58. The van der Waals surface area contributed by atoms with Crippen LogP contribution in [0, 0.1) is 0 Å². The molecule has 1 heterocycles. The highest BCUT2D eigenvalue weighted by Gasteiger charge is 2.10. The van der Waals surface area contributed by atoms with E-state index in [1.165, 1.54) is 0 Å². The summed E-state index contributed by atoms with van der Waals surface area (Å²) in [5.74, 6) is 1.63. The van der Waals surface area contributed by atoms with E-state index in [0.717, 1.165) is 11.3 Å². The summed E-state index contributed by atoms with van der Waals surface area (Å²) in [6.07, 6.45) is 0.704. The van der Waals surface area contributed by atoms with Gasteiger partial charge in [0.05, 0.1) is 13.7 Å². The largest absolute Gasteiger partial charge is 0.497 e. The van der Waals surface area contributed by atoms with Gasteiger partial charge in [-0.25, -0.2) is 0 Å². The molecule has 0 spiro atoms. The zero-order chi connectivity index (χ0) is 15.8. The van der Waals surface area contributed by atoms with Crippen LogP contribution in [-0.4, -0.2) is 43.4 Å². The summed E-state index contributed by atoms with van der Waals surface area (Å²) < 4.78 is 15.1. The summed E-state index contributed by atoms with van der Waals surface area (Å²) in [7, 11) is 3.20. The SMILES string of the molecule is COCCNC(=O)CCc1nc(-c2ccc(OC)cc2)no1. The number of ether oxygens (including phenoxy) is 2. The molecule has 0 unspecified atom stereocenters. The zero-order valence-electron chi connectivity index (χ0n) is 12.7. The van der Waals surface area contributed by atoms with Crippen molar-refractivity contribution in [2.24, 2.45) is 0 Å². The lowest BCUT2D eigenvalue weighted by Gasteiger charge is -2.02. The second kappa shape index (κ2) is 8.14. The van der Waals surface area contributed by atoms with Crippen LogP contribution in [0.1, 0.15) is 12.3 Å². The van der Waals surface area contributed by atoms with E-state index in [2.05, 4.69) is 15.5 Å². The molecule has 0 bridgehead atoms. The van der Waals surface area contributed by atoms with E-state index in [4.69, 9.17) is 14.0 Å². The van der Waals surface area contributed by atoms with Crippen LogP contribution in [0.4, 0.5) is 0 Å². The van der Waals surface area contributed by atoms with Gasteiger partial charge in [-0.2, -0.15) is 4.98 Å². The molecule has 2 aromatic rings. The number of hydrogen-bond acceptors (Lipinski definition) is 6. The van der Waals surface area contributed by atoms with E-state index in [1.54, 1.807) is 14.2 Å². The molecule has 0 atom stereocenters. The zero-order valence-corrected chi connectivity index (χ0v) is 12.7. The first-order valence-corrected chi connectivity index (χ1v) is 6.95. The number of nitrogens with zero attached hydrogens (tertiary/aromatic N) is 2. The molecule has 118 valence electrons. The van der Waals surface area contributed by atoms with Crippen molar-refractivity contribution in [1.82, 2.24) is 15.5 Å². The molecule has 0 radical (unpaired) electrons. The Hall–Kier alpha value is -2.41. The summed E-state index contributed by atoms with van der Waals surface area (Å²) in [5, 5.41) is 6.65. The highest BCUT2D eigenvalue weighted by Crippen LogP contribution is 2.19. The molecule has 0 saturated heterocycles. The number of carbonyl (C=O) groups is 1. The van der Waals surface area contributed by atoms with Gasteiger partial charge in [-0.05, 0) is 24.3 Å². The molecule has 22 heavy (non-hydrogen) atoms. The Balaban J connectivity index is 1.86. The van der Waals surface area contributed by atoms with Crippen LogP contribution in [0.15, 0.2) is 28.8 Å². The monoisotopic (exact) mass is 305 g/mol. The molecular weight excluding hydrogens is 286 g/mol. The lowest BCUT2D eigenvalue weighted by Crippen LogP contribution is -2.27. The predicted octanol–water partition coefficient (Wildman–Crippen LogP) is 1.44. The number of benzene rings is 1. The van der Waals surface area contributed by atoms with E-state index in [0.29, 0.717) is 37.7 Å². The van der Waals surface area contributed by atoms with E-state index in [1.807, 2.05) is 24.3 Å². The van der Waals surface area contributed by atoms with Crippen molar-refractivity contribution in [1.29, 1.82) is 0 Å². The average Bonchev–Trinajstić information content (AvgIpc) is 3.02. The number of aromatic nitrogens is 2. The van der Waals surface area contributed by atoms with Gasteiger partial charge in [0, 0.05) is 32.1 Å². The molecule has 1 amide bonds. The number of aryl methyl sites for hydroxylation is 1. The summed E-state index contributed by atoms with van der Waals surface area (Å²) >= 11 is 0. The molecule has 1 aromatic carbocycles. The van der Waals surface area contributed by atoms with Crippen LogP contribution in [-0.2, 0) is 16.0 Å². The lowest BCUT2D eigenvalue weighted by atomic mass is 10.2. The summed E-state index contributed by atoms with van der Waals surface area (Å²) in [6.45, 7) is 0.990. The summed E-state index contributed by atoms with van der Waals surface area (Å²) in [4.78, 5) is 15.8. The van der Waals surface area contributed by atoms with Crippen LogP contribution < -0.4 is 10.1 Å². The quantitative estimate of drug-likeness (QED) is 0.743. The third-order valence-electron chi connectivity index (χ3n) is 3.01. The molecule has 2 rings (SSSR count). The standard InChI is InChI=1S/C15H19N3O4/c1-20-10-9-16-13(19)7-8-14-17-15(18-22-14)11-3-5-12(21-2)6-4-11/h3-6H,7-10H2,1-2H3,(H,16,19). The Morgan fingerprint density at radius 3 is 2.73 bits per heavy atom. The lowest BCUT2D eigenvalue weighted by molar-refractivity contribution is -0.121. The van der Waals surface area contributed by atoms with E-state index < -0.39 is 0 Å². The maximum absolute atomic E-state index is 11.6. The normalized spacial score (nSPS) is 10.5. The fourth-order valence-corrected chi connectivity index (χ4v) is 1.82. The molecule has 1 aromatic heterocycles. The number of carbonyl (C=O) groups excluding carboxylic acids is 1. The first-order valence-electron chi connectivity index (χ1n) is 6.95. The minimum absolute atomic E-state index is 0.0683. The number of rotatable bonds is 8. The number of amides is 1. The topological polar surface area (TPSA) is 86.5 Å². The number of hydrogen-bond donors (Lipinski definition) is 1. The highest BCUT2D eigenvalue weighted by molar-refractivity contribution is 5.76. The molecule has 0 aliphatic heterocycles. The molecule has 0 saturated carbocycles. The fourth-order valence-electron chi connectivity index (χ4n) is 1.82. The van der Waals surface area contributed by atoms with Crippen LogP contribution in [0.25, 0.3) is 11.4 Å². The minimum Gasteiger partial charge on any atom is -0.497 e. The Morgan fingerprint density at radius 2 is 2.05 bits per heavy atom. The van der Waals surface area contributed by atoms with Crippen LogP contribution in [0.3, 0.4) is 0 Å². The molecule has 0 aliphatic carbocycles. The van der Waals surface area contributed by atoms with Crippen molar-refractivity contribution in [3.05, 3.63) is 30.2 Å². The first-order chi connectivity index (χ1) is 10.7. The van der Waals surface area contributed by atoms with Crippen LogP contribution in [0.2, 0.25) is 0 Å². The molecule has 1 N–H and O–H groups in total. The van der Waals surface area contributed by atoms with Gasteiger partial charge in [0.25, 0.3) is 0 Å². The van der Waals surface area contributed by atoms with Crippen molar-refractivity contribution in [2.75, 3.05) is 27.4 Å². The van der Waals surface area contributed by atoms with Gasteiger partial charge in [-0.15, -0.1) is 0 Å². The Morgan fingerprint density at radius 1 is 1.27 bits per heavy atom. The van der Waals surface area contributed by atoms with Gasteiger partial charge >= 0.3 is 0 Å². The third-order valence-corrected chi connectivity index (χ3v) is 3.01. The molecule has 7 heteroatoms. The molecule has 0 aliphatic rings. The summed E-state index contributed by atoms with van der Waals surface area (Å²) in [5.41, 5.74) is 0.834. The third kappa shape index (κ3) is 4.56. The van der Waals surface area contributed by atoms with Crippen molar-refractivity contribution in [3.63, 3.8) is 0 Å². The van der Waals surface area contributed by atoms with Crippen molar-refractivity contribution >= 4 is 5.91 Å². The van der Waals surface area contributed by atoms with Crippen molar-refractivity contribution in [3.8, 4) is 17.1 Å². The van der Waals surface area contributed by atoms with Crippen molar-refractivity contribution in [2.45, 2.75) is 12.8 Å². The van der Waals surface area contributed by atoms with Crippen LogP contribution in [0.5, 0.6) is 5.75 Å². The van der Waals surface area contributed by atoms with Gasteiger partial charge in [-0.3, -0.25) is 4.79 Å². The average molecular weight is 305 g/mol. The molecule has 0 fully saturated rings. The summed E-state index contributed by atoms with van der Waals surface area (Å²) in [6, 6.07) is 7.36. The second-order valence-electron chi connectivity index (χ2n) is 4.58. The molecular formula is C15H19N3O4. The first kappa shape index (κ1) is 16.0. The number of methoxy groups -OCH3 is 2. The maximum atomic E-state index is 11.6. The number of nitrogens with one attached hydrogen (secondary N) is 1. The fraction of sp³-hybridized carbons (Fsp3) is 0.400. The predicted molar refractivity (Wildman–Crippen MR) is 79.5 cm³/mol. The highest BCUT2D eigenvalue weighted by atomic mass is 16.5. The Labute approximate surface area is 128 Å². The van der Waals surface area contributed by atoms with E-state index in [-0.39, 0.29) is 5.91 Å². The minimum atomic E-state index is -0.0683. The van der Waals surface area contributed by atoms with E-state index in [9.17, 15) is 4.79 Å². The van der Waals surface area contributed by atoms with Gasteiger partial charge in [0.1, 0.15) is 5.75 Å². The van der Waals surface area contributed by atoms with E-state index >= 15 is 0 Å². The van der Waals surface area contributed by atoms with Gasteiger partial charge in [0.15, 0.2) is 0 Å². The smallest absolute Gasteiger partial charge is 0.227 e. The molecule has 7 nitrogen and oxygen atoms in total. The Kier molecular flexibility index (Phi) is 5.91. The van der Waals surface area contributed by atoms with Gasteiger partial charge < -0.3 is 19.3 Å². The van der Waals surface area contributed by atoms with Crippen molar-refractivity contribution < 1.29 is 18.8 Å². The Bertz CT molecular complexity index is 595. The van der Waals surface area contributed by atoms with Gasteiger partial charge in [0.2, 0.25) is 17.6 Å². The van der Waals surface area contributed by atoms with Crippen LogP contribution >= 0.6 is 0 Å². The van der Waals surface area contributed by atoms with Gasteiger partial charge in [-0.1, -0.05) is 5.16 Å². The maximum Gasteiger partial charge on any atom is 0.227 e.